The van der Waals surface area contributed by atoms with Gasteiger partial charge in [0.25, 0.3) is 5.56 Å². The van der Waals surface area contributed by atoms with Crippen LogP contribution in [0.25, 0.3) is 10.9 Å². The molecule has 4 nitrogen and oxygen atoms in total. The van der Waals surface area contributed by atoms with E-state index in [2.05, 4.69) is 0 Å². The van der Waals surface area contributed by atoms with Crippen LogP contribution in [0.15, 0.2) is 89.7 Å². The van der Waals surface area contributed by atoms with Gasteiger partial charge in [-0.15, -0.1) is 0 Å². The van der Waals surface area contributed by atoms with E-state index in [1.54, 1.807) is 11.6 Å². The van der Waals surface area contributed by atoms with Crippen molar-refractivity contribution in [2.75, 3.05) is 0 Å². The molecule has 0 N–H and O–H groups in total. The van der Waals surface area contributed by atoms with Crippen molar-refractivity contribution in [3.8, 4) is 11.5 Å². The molecule has 4 heteroatoms. The lowest BCUT2D eigenvalue weighted by atomic mass is 10.1. The van der Waals surface area contributed by atoms with Gasteiger partial charge in [-0.25, -0.2) is 0 Å². The summed E-state index contributed by atoms with van der Waals surface area (Å²) in [5.74, 6) is 0.722. The largest absolute Gasteiger partial charge is 0.484 e. The van der Waals surface area contributed by atoms with Gasteiger partial charge >= 0.3 is 0 Å². The van der Waals surface area contributed by atoms with Gasteiger partial charge < -0.3 is 14.0 Å². The second-order valence-corrected chi connectivity index (χ2v) is 6.59. The molecule has 28 heavy (non-hydrogen) atoms. The minimum absolute atomic E-state index is 0.210. The van der Waals surface area contributed by atoms with E-state index in [0.717, 1.165) is 22.0 Å². The lowest BCUT2D eigenvalue weighted by molar-refractivity contribution is 0.254. The van der Waals surface area contributed by atoms with Gasteiger partial charge in [0.2, 0.25) is 5.75 Å². The molecular formula is C24H21NO3. The quantitative estimate of drug-likeness (QED) is 0.493. The van der Waals surface area contributed by atoms with Crippen molar-refractivity contribution in [2.45, 2.75) is 13.2 Å². The molecule has 3 aromatic carbocycles. The third-order valence-electron chi connectivity index (χ3n) is 4.67. The molecule has 140 valence electrons. The number of hydrogen-bond donors (Lipinski definition) is 0. The van der Waals surface area contributed by atoms with Crippen LogP contribution in [0.2, 0.25) is 0 Å². The number of ether oxygens (including phenoxy) is 2. The van der Waals surface area contributed by atoms with Gasteiger partial charge in [-0.3, -0.25) is 4.79 Å². The molecule has 1 aromatic heterocycles. The molecular weight excluding hydrogens is 350 g/mol. The third kappa shape index (κ3) is 3.62. The smallest absolute Gasteiger partial charge is 0.297 e. The first-order chi connectivity index (χ1) is 13.7. The molecule has 0 aliphatic carbocycles. The third-order valence-corrected chi connectivity index (χ3v) is 4.67. The Morgan fingerprint density at radius 3 is 1.79 bits per heavy atom. The van der Waals surface area contributed by atoms with Crippen LogP contribution in [-0.2, 0) is 20.3 Å². The fourth-order valence-corrected chi connectivity index (χ4v) is 3.17. The second-order valence-electron chi connectivity index (χ2n) is 6.59. The monoisotopic (exact) mass is 371 g/mol. The fraction of sp³-hybridized carbons (Fsp3) is 0.125. The van der Waals surface area contributed by atoms with Crippen molar-refractivity contribution >= 4 is 10.9 Å². The van der Waals surface area contributed by atoms with E-state index in [0.29, 0.717) is 19.0 Å². The fourth-order valence-electron chi connectivity index (χ4n) is 3.17. The molecule has 0 saturated heterocycles. The van der Waals surface area contributed by atoms with Crippen LogP contribution >= 0.6 is 0 Å². The molecule has 0 aliphatic heterocycles. The molecule has 4 rings (SSSR count). The Bertz CT molecular complexity index is 1140. The Morgan fingerprint density at radius 1 is 0.679 bits per heavy atom. The first-order valence-electron chi connectivity index (χ1n) is 9.19. The van der Waals surface area contributed by atoms with Crippen LogP contribution in [0.1, 0.15) is 11.1 Å². The van der Waals surface area contributed by atoms with E-state index in [-0.39, 0.29) is 11.3 Å². The Kier molecular flexibility index (Phi) is 5.11. The van der Waals surface area contributed by atoms with E-state index in [4.69, 9.17) is 9.47 Å². The summed E-state index contributed by atoms with van der Waals surface area (Å²) in [4.78, 5) is 13.0. The normalized spacial score (nSPS) is 10.8. The summed E-state index contributed by atoms with van der Waals surface area (Å²) in [7, 11) is 1.75. The summed E-state index contributed by atoms with van der Waals surface area (Å²) in [6.45, 7) is 0.663. The standard InChI is InChI=1S/C24H21NO3/c1-25-21-15-9-8-14-20(21)22(27-16-18-10-4-2-5-11-18)23(24(25)26)28-17-19-12-6-3-7-13-19/h2-15H,16-17H2,1H3. The van der Waals surface area contributed by atoms with E-state index in [1.807, 2.05) is 84.9 Å². The minimum atomic E-state index is -0.210. The van der Waals surface area contributed by atoms with Crippen LogP contribution in [0.4, 0.5) is 0 Å². The Balaban J connectivity index is 1.75. The summed E-state index contributed by atoms with van der Waals surface area (Å²) >= 11 is 0. The van der Waals surface area contributed by atoms with E-state index < -0.39 is 0 Å². The van der Waals surface area contributed by atoms with Crippen molar-refractivity contribution < 1.29 is 9.47 Å². The van der Waals surface area contributed by atoms with Crippen molar-refractivity contribution in [1.29, 1.82) is 0 Å². The second kappa shape index (κ2) is 8.01. The molecule has 1 heterocycles. The predicted molar refractivity (Wildman–Crippen MR) is 111 cm³/mol. The van der Waals surface area contributed by atoms with Crippen LogP contribution < -0.4 is 15.0 Å². The zero-order valence-corrected chi connectivity index (χ0v) is 15.7. The number of hydrogen-bond acceptors (Lipinski definition) is 3. The maximum absolute atomic E-state index is 13.0. The average molecular weight is 371 g/mol. The molecule has 0 saturated carbocycles. The number of aryl methyl sites for hydroxylation is 1. The molecule has 0 spiro atoms. The van der Waals surface area contributed by atoms with Crippen molar-refractivity contribution in [1.82, 2.24) is 4.57 Å². The van der Waals surface area contributed by atoms with E-state index >= 15 is 0 Å². The zero-order chi connectivity index (χ0) is 19.3. The molecule has 0 fully saturated rings. The predicted octanol–water partition coefficient (Wildman–Crippen LogP) is 4.70. The lowest BCUT2D eigenvalue weighted by Gasteiger charge is -2.17. The molecule has 0 aliphatic rings. The van der Waals surface area contributed by atoms with Crippen molar-refractivity contribution in [3.05, 3.63) is 106 Å². The SMILES string of the molecule is Cn1c(=O)c(OCc2ccccc2)c(OCc2ccccc2)c2ccccc21. The van der Waals surface area contributed by atoms with Gasteiger partial charge in [-0.2, -0.15) is 0 Å². The highest BCUT2D eigenvalue weighted by Crippen LogP contribution is 2.33. The van der Waals surface area contributed by atoms with Gasteiger partial charge in [0.15, 0.2) is 5.75 Å². The summed E-state index contributed by atoms with van der Waals surface area (Å²) < 4.78 is 13.7. The minimum Gasteiger partial charge on any atom is -0.484 e. The summed E-state index contributed by atoms with van der Waals surface area (Å²) in [6.07, 6.45) is 0. The summed E-state index contributed by atoms with van der Waals surface area (Å²) in [6, 6.07) is 27.4. The van der Waals surface area contributed by atoms with E-state index in [1.165, 1.54) is 0 Å². The van der Waals surface area contributed by atoms with Gasteiger partial charge in [0.05, 0.1) is 5.52 Å². The van der Waals surface area contributed by atoms with Crippen LogP contribution in [0, 0.1) is 0 Å². The van der Waals surface area contributed by atoms with Crippen LogP contribution in [0.5, 0.6) is 11.5 Å². The first kappa shape index (κ1) is 17.9. The summed E-state index contributed by atoms with van der Waals surface area (Å²) in [5, 5.41) is 0.851. The average Bonchev–Trinajstić information content (AvgIpc) is 2.76. The number of rotatable bonds is 6. The number of fused-ring (bicyclic) bond motifs is 1. The zero-order valence-electron chi connectivity index (χ0n) is 15.7. The number of nitrogens with zero attached hydrogens (tertiary/aromatic N) is 1. The van der Waals surface area contributed by atoms with Gasteiger partial charge in [0.1, 0.15) is 13.2 Å². The number of pyridine rings is 1. The molecule has 0 atom stereocenters. The molecule has 4 aromatic rings. The number of benzene rings is 3. The highest BCUT2D eigenvalue weighted by molar-refractivity contribution is 5.87. The van der Waals surface area contributed by atoms with Crippen LogP contribution in [-0.4, -0.2) is 4.57 Å². The number of para-hydroxylation sites is 1. The van der Waals surface area contributed by atoms with Crippen LogP contribution in [0.3, 0.4) is 0 Å². The molecule has 0 amide bonds. The van der Waals surface area contributed by atoms with Crippen molar-refractivity contribution in [2.24, 2.45) is 7.05 Å². The molecule has 0 unspecified atom stereocenters. The first-order valence-corrected chi connectivity index (χ1v) is 9.19. The maximum atomic E-state index is 13.0. The number of aromatic nitrogens is 1. The summed E-state index contributed by atoms with van der Waals surface area (Å²) in [5.41, 5.74) is 2.62. The Morgan fingerprint density at radius 2 is 1.18 bits per heavy atom. The lowest BCUT2D eigenvalue weighted by Crippen LogP contribution is -2.21. The highest BCUT2D eigenvalue weighted by atomic mass is 16.5. The highest BCUT2D eigenvalue weighted by Gasteiger charge is 2.18. The molecule has 0 radical (unpaired) electrons. The maximum Gasteiger partial charge on any atom is 0.297 e. The van der Waals surface area contributed by atoms with Crippen molar-refractivity contribution in [3.63, 3.8) is 0 Å². The van der Waals surface area contributed by atoms with Gasteiger partial charge in [0, 0.05) is 12.4 Å². The van der Waals surface area contributed by atoms with E-state index in [9.17, 15) is 4.79 Å². The molecule has 0 bridgehead atoms. The topological polar surface area (TPSA) is 40.5 Å². The Hall–Kier alpha value is -3.53. The van der Waals surface area contributed by atoms with Gasteiger partial charge in [-0.05, 0) is 23.3 Å². The Labute approximate surface area is 163 Å². The van der Waals surface area contributed by atoms with Gasteiger partial charge in [-0.1, -0.05) is 72.8 Å².